The number of rotatable bonds is 2. The second-order valence-electron chi connectivity index (χ2n) is 12.4. The van der Waals surface area contributed by atoms with E-state index in [1.165, 1.54) is 5.57 Å². The quantitative estimate of drug-likeness (QED) is 0.366. The van der Waals surface area contributed by atoms with Gasteiger partial charge >= 0.3 is 5.97 Å². The average Bonchev–Trinajstić information content (AvgIpc) is 2.88. The van der Waals surface area contributed by atoms with Crippen molar-refractivity contribution in [1.29, 1.82) is 0 Å². The first-order valence-corrected chi connectivity index (χ1v) is 14.6. The number of allylic oxidation sites excluding steroid dienone is 4. The predicted octanol–water partition coefficient (Wildman–Crippen LogP) is 5.17. The molecule has 2 saturated heterocycles. The van der Waals surface area contributed by atoms with Crippen LogP contribution in [-0.2, 0) is 23.7 Å². The number of aliphatic hydroxyl groups excluding tert-OH is 1. The van der Waals surface area contributed by atoms with Gasteiger partial charge in [0.25, 0.3) is 0 Å². The van der Waals surface area contributed by atoms with Crippen molar-refractivity contribution in [3.63, 3.8) is 0 Å². The second kappa shape index (κ2) is 12.4. The van der Waals surface area contributed by atoms with Crippen molar-refractivity contribution in [2.45, 2.75) is 115 Å². The van der Waals surface area contributed by atoms with Gasteiger partial charge in [-0.3, -0.25) is 4.79 Å². The first-order valence-electron chi connectivity index (χ1n) is 14.6. The van der Waals surface area contributed by atoms with Gasteiger partial charge in [0.15, 0.2) is 5.79 Å². The van der Waals surface area contributed by atoms with Crippen LogP contribution in [0.4, 0.5) is 0 Å². The average molecular weight is 545 g/mol. The molecule has 3 aliphatic heterocycles. The Morgan fingerprint density at radius 3 is 2.59 bits per heavy atom. The zero-order valence-electron chi connectivity index (χ0n) is 24.5. The van der Waals surface area contributed by atoms with Crippen molar-refractivity contribution in [2.75, 3.05) is 13.7 Å². The molecule has 218 valence electrons. The van der Waals surface area contributed by atoms with Gasteiger partial charge in [-0.1, -0.05) is 49.8 Å². The van der Waals surface area contributed by atoms with Crippen LogP contribution in [0.2, 0.25) is 0 Å². The van der Waals surface area contributed by atoms with Crippen LogP contribution in [0.1, 0.15) is 79.6 Å². The number of hydrogen-bond donors (Lipinski definition) is 2. The molecule has 0 aromatic heterocycles. The van der Waals surface area contributed by atoms with E-state index in [-0.39, 0.29) is 37.3 Å². The van der Waals surface area contributed by atoms with Gasteiger partial charge in [-0.15, -0.1) is 0 Å². The predicted molar refractivity (Wildman–Crippen MR) is 150 cm³/mol. The lowest BCUT2D eigenvalue weighted by atomic mass is 9.71. The maximum absolute atomic E-state index is 13.9. The SMILES string of the molecule is CO[C@H]1C[C@@]2(O)/C(CO)=C/C=C/[C@H](C)C/C(C)=C/C[C@@H]3C[C@@H](C[C@]4(CC[C@H](C)[C@@H](C)O4)O3)OC(=O)[C@@H]2C=C1C. The lowest BCUT2D eigenvalue weighted by Gasteiger charge is -2.49. The summed E-state index contributed by atoms with van der Waals surface area (Å²) in [6.07, 6.45) is 13.3. The van der Waals surface area contributed by atoms with Gasteiger partial charge < -0.3 is 29.2 Å². The lowest BCUT2D eigenvalue weighted by molar-refractivity contribution is -0.332. The van der Waals surface area contributed by atoms with E-state index in [1.807, 2.05) is 13.0 Å². The molecule has 39 heavy (non-hydrogen) atoms. The van der Waals surface area contributed by atoms with Crippen molar-refractivity contribution < 1.29 is 34.0 Å². The fourth-order valence-electron chi connectivity index (χ4n) is 6.66. The van der Waals surface area contributed by atoms with E-state index in [0.717, 1.165) is 31.3 Å². The van der Waals surface area contributed by atoms with E-state index < -0.39 is 29.4 Å². The summed E-state index contributed by atoms with van der Waals surface area (Å²) >= 11 is 0. The highest BCUT2D eigenvalue weighted by Gasteiger charge is 2.51. The molecule has 1 aliphatic carbocycles. The molecular formula is C32H48O7. The minimum Gasteiger partial charge on any atom is -0.462 e. The van der Waals surface area contributed by atoms with Crippen LogP contribution in [-0.4, -0.2) is 65.7 Å². The Morgan fingerprint density at radius 1 is 1.13 bits per heavy atom. The number of carbonyl (C=O) groups excluding carboxylic acids is 1. The van der Waals surface area contributed by atoms with Crippen molar-refractivity contribution in [3.05, 3.63) is 47.1 Å². The van der Waals surface area contributed by atoms with E-state index in [0.29, 0.717) is 24.3 Å². The van der Waals surface area contributed by atoms with Gasteiger partial charge in [0.1, 0.15) is 17.6 Å². The highest BCUT2D eigenvalue weighted by Crippen LogP contribution is 2.44. The standard InChI is InChI=1S/C32H48O7/c1-20-8-7-9-25(19-33)32(35)18-29(36-6)23(4)15-28(32)30(34)37-27-16-26(11-10-21(2)14-20)39-31(17-27)13-12-22(3)24(5)38-31/h7-10,15,20,22,24,26-29,33,35H,11-14,16-19H2,1-6H3/b8-7+,21-10+,25-9+/t20-,22-,24+,26+,27-,28-,29-,31-,32+/m0/s1. The molecule has 2 bridgehead atoms. The smallest absolute Gasteiger partial charge is 0.316 e. The van der Waals surface area contributed by atoms with Crippen LogP contribution in [0.5, 0.6) is 0 Å². The third kappa shape index (κ3) is 6.76. The minimum atomic E-state index is -1.64. The fraction of sp³-hybridized carbons (Fsp3) is 0.719. The zero-order chi connectivity index (χ0) is 28.4. The molecule has 4 aliphatic rings. The first-order chi connectivity index (χ1) is 18.5. The molecule has 0 amide bonds. The van der Waals surface area contributed by atoms with Gasteiger partial charge in [0, 0.05) is 32.8 Å². The Bertz CT molecular complexity index is 1010. The Hall–Kier alpha value is -1.77. The Morgan fingerprint density at radius 2 is 1.90 bits per heavy atom. The van der Waals surface area contributed by atoms with Gasteiger partial charge in [0.2, 0.25) is 0 Å². The Labute approximate surface area is 233 Å². The van der Waals surface area contributed by atoms with Gasteiger partial charge in [0.05, 0.1) is 24.9 Å². The second-order valence-corrected chi connectivity index (χ2v) is 12.4. The number of hydrogen-bond acceptors (Lipinski definition) is 7. The topological polar surface area (TPSA) is 94.5 Å². The van der Waals surface area contributed by atoms with E-state index in [9.17, 15) is 15.0 Å². The number of methoxy groups -OCH3 is 1. The number of carbonyl (C=O) groups is 1. The molecule has 2 N–H and O–H groups in total. The number of esters is 1. The highest BCUT2D eigenvalue weighted by atomic mass is 16.7. The van der Waals surface area contributed by atoms with Crippen molar-refractivity contribution in [1.82, 2.24) is 0 Å². The summed E-state index contributed by atoms with van der Waals surface area (Å²) in [6, 6.07) is 0. The first kappa shape index (κ1) is 30.2. The monoisotopic (exact) mass is 544 g/mol. The number of fused-ring (bicyclic) bond motifs is 3. The number of aliphatic hydroxyl groups is 2. The lowest BCUT2D eigenvalue weighted by Crippen LogP contribution is -2.55. The third-order valence-corrected chi connectivity index (χ3v) is 9.23. The summed E-state index contributed by atoms with van der Waals surface area (Å²) in [5, 5.41) is 22.4. The van der Waals surface area contributed by atoms with Gasteiger partial charge in [-0.2, -0.15) is 0 Å². The molecule has 7 heteroatoms. The zero-order valence-corrected chi connectivity index (χ0v) is 24.5. The van der Waals surface area contributed by atoms with Gasteiger partial charge in [-0.05, 0) is 63.0 Å². The van der Waals surface area contributed by atoms with E-state index >= 15 is 0 Å². The van der Waals surface area contributed by atoms with Crippen LogP contribution in [0.3, 0.4) is 0 Å². The molecule has 0 aromatic carbocycles. The van der Waals surface area contributed by atoms with Crippen molar-refractivity contribution in [3.8, 4) is 0 Å². The molecule has 0 unspecified atom stereocenters. The van der Waals surface area contributed by atoms with Crippen molar-refractivity contribution in [2.24, 2.45) is 17.8 Å². The van der Waals surface area contributed by atoms with Gasteiger partial charge in [-0.25, -0.2) is 0 Å². The van der Waals surface area contributed by atoms with Crippen LogP contribution >= 0.6 is 0 Å². The largest absolute Gasteiger partial charge is 0.462 e. The third-order valence-electron chi connectivity index (χ3n) is 9.23. The molecule has 7 nitrogen and oxygen atoms in total. The summed E-state index contributed by atoms with van der Waals surface area (Å²) in [5.74, 6) is -1.55. The summed E-state index contributed by atoms with van der Waals surface area (Å²) in [5.41, 5.74) is 0.863. The van der Waals surface area contributed by atoms with Crippen LogP contribution in [0.25, 0.3) is 0 Å². The molecule has 0 radical (unpaired) electrons. The maximum atomic E-state index is 13.9. The summed E-state index contributed by atoms with van der Waals surface area (Å²) in [4.78, 5) is 13.9. The number of ether oxygens (including phenoxy) is 4. The fourth-order valence-corrected chi connectivity index (χ4v) is 6.66. The highest BCUT2D eigenvalue weighted by molar-refractivity contribution is 5.78. The van der Waals surface area contributed by atoms with Crippen LogP contribution in [0.15, 0.2) is 47.1 Å². The molecular weight excluding hydrogens is 496 g/mol. The maximum Gasteiger partial charge on any atom is 0.316 e. The molecule has 2 fully saturated rings. The van der Waals surface area contributed by atoms with Crippen LogP contribution < -0.4 is 0 Å². The van der Waals surface area contributed by atoms with E-state index in [4.69, 9.17) is 18.9 Å². The summed E-state index contributed by atoms with van der Waals surface area (Å²) in [7, 11) is 1.59. The molecule has 4 rings (SSSR count). The van der Waals surface area contributed by atoms with Crippen molar-refractivity contribution >= 4 is 5.97 Å². The molecule has 1 spiro atoms. The van der Waals surface area contributed by atoms with E-state index in [1.54, 1.807) is 19.3 Å². The molecule has 9 atom stereocenters. The normalized spacial score (nSPS) is 45.7. The Kier molecular flexibility index (Phi) is 9.60. The molecule has 0 aromatic rings. The Balaban J connectivity index is 1.73. The minimum absolute atomic E-state index is 0.0499. The van der Waals surface area contributed by atoms with E-state index in [2.05, 4.69) is 39.8 Å². The molecule has 0 saturated carbocycles. The summed E-state index contributed by atoms with van der Waals surface area (Å²) in [6.45, 7) is 10.1. The molecule has 3 heterocycles. The summed E-state index contributed by atoms with van der Waals surface area (Å²) < 4.78 is 25.0. The van der Waals surface area contributed by atoms with Crippen LogP contribution in [0, 0.1) is 17.8 Å².